The summed E-state index contributed by atoms with van der Waals surface area (Å²) in [5, 5.41) is 0. The van der Waals surface area contributed by atoms with Crippen molar-refractivity contribution < 1.29 is 4.79 Å². The summed E-state index contributed by atoms with van der Waals surface area (Å²) in [5.41, 5.74) is 0. The highest BCUT2D eigenvalue weighted by molar-refractivity contribution is 8.01. The Morgan fingerprint density at radius 1 is 1.58 bits per heavy atom. The molecule has 0 N–H and O–H groups in total. The van der Waals surface area contributed by atoms with E-state index in [1.807, 2.05) is 11.8 Å². The third-order valence-electron chi connectivity index (χ3n) is 2.57. The average molecular weight is 186 g/mol. The third-order valence-corrected chi connectivity index (χ3v) is 4.13. The van der Waals surface area contributed by atoms with Crippen LogP contribution in [0.2, 0.25) is 0 Å². The molecule has 0 amide bonds. The van der Waals surface area contributed by atoms with E-state index >= 15 is 0 Å². The molecule has 0 spiro atoms. The Hall–Kier alpha value is 0.0200. The largest absolute Gasteiger partial charge is 0.298 e. The molecule has 2 heteroatoms. The normalized spacial score (nSPS) is 29.2. The van der Waals surface area contributed by atoms with Crippen molar-refractivity contribution in [1.29, 1.82) is 0 Å². The maximum Gasteiger partial charge on any atom is 0.148 e. The number of carbonyl (C=O) groups excluding carboxylic acids is 1. The van der Waals surface area contributed by atoms with E-state index in [-0.39, 0.29) is 4.75 Å². The Morgan fingerprint density at radius 3 is 2.83 bits per heavy atom. The van der Waals surface area contributed by atoms with Crippen LogP contribution in [-0.2, 0) is 4.79 Å². The van der Waals surface area contributed by atoms with Gasteiger partial charge >= 0.3 is 0 Å². The molecule has 1 rings (SSSR count). The molecule has 0 bridgehead atoms. The molecule has 70 valence electrons. The van der Waals surface area contributed by atoms with Gasteiger partial charge in [-0.15, -0.1) is 11.8 Å². The Balaban J connectivity index is 2.39. The SMILES string of the molecule is CCCCC(=O)C1(C)CCCS1. The number of rotatable bonds is 4. The highest BCUT2D eigenvalue weighted by Gasteiger charge is 2.35. The molecule has 0 aromatic rings. The summed E-state index contributed by atoms with van der Waals surface area (Å²) in [6.45, 7) is 4.25. The molecule has 0 saturated carbocycles. The molecule has 12 heavy (non-hydrogen) atoms. The van der Waals surface area contributed by atoms with E-state index < -0.39 is 0 Å². The Labute approximate surface area is 79.3 Å². The molecule has 1 atom stereocenters. The lowest BCUT2D eigenvalue weighted by molar-refractivity contribution is -0.121. The molecule has 1 nitrogen and oxygen atoms in total. The van der Waals surface area contributed by atoms with Crippen LogP contribution in [-0.4, -0.2) is 16.3 Å². The molecule has 0 aliphatic carbocycles. The van der Waals surface area contributed by atoms with Crippen molar-refractivity contribution in [2.45, 2.75) is 50.7 Å². The average Bonchev–Trinajstić information content (AvgIpc) is 2.49. The fourth-order valence-electron chi connectivity index (χ4n) is 1.60. The lowest BCUT2D eigenvalue weighted by Gasteiger charge is -2.20. The van der Waals surface area contributed by atoms with Crippen molar-refractivity contribution in [3.05, 3.63) is 0 Å². The molecule has 1 saturated heterocycles. The summed E-state index contributed by atoms with van der Waals surface area (Å²) in [6.07, 6.45) is 5.31. The van der Waals surface area contributed by atoms with Crippen molar-refractivity contribution in [2.75, 3.05) is 5.75 Å². The van der Waals surface area contributed by atoms with Gasteiger partial charge in [-0.3, -0.25) is 4.79 Å². The first-order chi connectivity index (χ1) is 5.69. The summed E-state index contributed by atoms with van der Waals surface area (Å²) in [6, 6.07) is 0. The number of ketones is 1. The molecule has 0 aromatic carbocycles. The van der Waals surface area contributed by atoms with Gasteiger partial charge in [0.05, 0.1) is 4.75 Å². The lowest BCUT2D eigenvalue weighted by Crippen LogP contribution is -2.28. The molecule has 1 fully saturated rings. The van der Waals surface area contributed by atoms with Gasteiger partial charge in [0.25, 0.3) is 0 Å². The molecular formula is C10H18OS. The van der Waals surface area contributed by atoms with Crippen LogP contribution in [0.1, 0.15) is 46.0 Å². The van der Waals surface area contributed by atoms with E-state index in [1.165, 1.54) is 12.2 Å². The number of thioether (sulfide) groups is 1. The molecule has 1 aliphatic rings. The van der Waals surface area contributed by atoms with Gasteiger partial charge in [0, 0.05) is 6.42 Å². The molecule has 1 unspecified atom stereocenters. The summed E-state index contributed by atoms with van der Waals surface area (Å²) in [4.78, 5) is 11.7. The van der Waals surface area contributed by atoms with E-state index in [0.29, 0.717) is 5.78 Å². The van der Waals surface area contributed by atoms with Crippen molar-refractivity contribution in [3.8, 4) is 0 Å². The number of hydrogen-bond donors (Lipinski definition) is 0. The van der Waals surface area contributed by atoms with Gasteiger partial charge in [0.15, 0.2) is 0 Å². The van der Waals surface area contributed by atoms with Gasteiger partial charge in [0.1, 0.15) is 5.78 Å². The van der Waals surface area contributed by atoms with E-state index in [4.69, 9.17) is 0 Å². The highest BCUT2D eigenvalue weighted by Crippen LogP contribution is 2.39. The van der Waals surface area contributed by atoms with Gasteiger partial charge in [-0.05, 0) is 31.9 Å². The van der Waals surface area contributed by atoms with Gasteiger partial charge < -0.3 is 0 Å². The first kappa shape index (κ1) is 10.1. The molecule has 0 radical (unpaired) electrons. The first-order valence-corrected chi connectivity index (χ1v) is 5.85. The maximum atomic E-state index is 11.7. The standard InChI is InChI=1S/C10H18OS/c1-3-4-6-9(11)10(2)7-5-8-12-10/h3-8H2,1-2H3. The fraction of sp³-hybridized carbons (Fsp3) is 0.900. The second kappa shape index (κ2) is 4.31. The van der Waals surface area contributed by atoms with Crippen LogP contribution >= 0.6 is 11.8 Å². The first-order valence-electron chi connectivity index (χ1n) is 4.86. The maximum absolute atomic E-state index is 11.7. The highest BCUT2D eigenvalue weighted by atomic mass is 32.2. The molecule has 1 aliphatic heterocycles. The predicted octanol–water partition coefficient (Wildman–Crippen LogP) is 3.03. The van der Waals surface area contributed by atoms with E-state index in [2.05, 4.69) is 13.8 Å². The van der Waals surface area contributed by atoms with Crippen LogP contribution in [0.5, 0.6) is 0 Å². The van der Waals surface area contributed by atoms with Crippen LogP contribution in [0, 0.1) is 0 Å². The zero-order chi connectivity index (χ0) is 9.03. The molecular weight excluding hydrogens is 168 g/mol. The number of carbonyl (C=O) groups is 1. The summed E-state index contributed by atoms with van der Waals surface area (Å²) >= 11 is 1.85. The van der Waals surface area contributed by atoms with Crippen LogP contribution < -0.4 is 0 Å². The predicted molar refractivity (Wildman–Crippen MR) is 54.6 cm³/mol. The summed E-state index contributed by atoms with van der Waals surface area (Å²) in [5.74, 6) is 1.65. The van der Waals surface area contributed by atoms with Crippen molar-refractivity contribution >= 4 is 17.5 Å². The monoisotopic (exact) mass is 186 g/mol. The van der Waals surface area contributed by atoms with Gasteiger partial charge in [0.2, 0.25) is 0 Å². The second-order valence-corrected chi connectivity index (χ2v) is 5.31. The van der Waals surface area contributed by atoms with Gasteiger partial charge in [-0.1, -0.05) is 13.3 Å². The van der Waals surface area contributed by atoms with Crippen molar-refractivity contribution in [2.24, 2.45) is 0 Å². The Bertz CT molecular complexity index is 159. The van der Waals surface area contributed by atoms with E-state index in [9.17, 15) is 4.79 Å². The molecule has 1 heterocycles. The topological polar surface area (TPSA) is 17.1 Å². The minimum absolute atomic E-state index is 0.0187. The summed E-state index contributed by atoms with van der Waals surface area (Å²) in [7, 11) is 0. The lowest BCUT2D eigenvalue weighted by atomic mass is 9.96. The zero-order valence-corrected chi connectivity index (χ0v) is 8.88. The van der Waals surface area contributed by atoms with Gasteiger partial charge in [-0.25, -0.2) is 0 Å². The molecule has 0 aromatic heterocycles. The van der Waals surface area contributed by atoms with Crippen LogP contribution in [0.15, 0.2) is 0 Å². The zero-order valence-electron chi connectivity index (χ0n) is 8.06. The Morgan fingerprint density at radius 2 is 2.33 bits per heavy atom. The minimum atomic E-state index is -0.0187. The minimum Gasteiger partial charge on any atom is -0.298 e. The smallest absolute Gasteiger partial charge is 0.148 e. The van der Waals surface area contributed by atoms with Crippen molar-refractivity contribution in [1.82, 2.24) is 0 Å². The Kier molecular flexibility index (Phi) is 3.63. The van der Waals surface area contributed by atoms with Crippen LogP contribution in [0.3, 0.4) is 0 Å². The number of hydrogen-bond acceptors (Lipinski definition) is 2. The van der Waals surface area contributed by atoms with Crippen LogP contribution in [0.25, 0.3) is 0 Å². The number of unbranched alkanes of at least 4 members (excludes halogenated alkanes) is 1. The van der Waals surface area contributed by atoms with Gasteiger partial charge in [-0.2, -0.15) is 0 Å². The van der Waals surface area contributed by atoms with E-state index in [0.717, 1.165) is 25.7 Å². The fourth-order valence-corrected chi connectivity index (χ4v) is 2.89. The van der Waals surface area contributed by atoms with E-state index in [1.54, 1.807) is 0 Å². The summed E-state index contributed by atoms with van der Waals surface area (Å²) < 4.78 is -0.0187. The van der Waals surface area contributed by atoms with Crippen LogP contribution in [0.4, 0.5) is 0 Å². The number of Topliss-reactive ketones (excluding diaryl/α,β-unsaturated/α-hetero) is 1. The van der Waals surface area contributed by atoms with Crippen molar-refractivity contribution in [3.63, 3.8) is 0 Å². The third kappa shape index (κ3) is 2.25. The quantitative estimate of drug-likeness (QED) is 0.671. The second-order valence-electron chi connectivity index (χ2n) is 3.71.